The lowest BCUT2D eigenvalue weighted by Crippen LogP contribution is -2.56. The first-order chi connectivity index (χ1) is 12.5. The Bertz CT molecular complexity index is 811. The summed E-state index contributed by atoms with van der Waals surface area (Å²) in [5.74, 6) is 0.0636. The van der Waals surface area contributed by atoms with Gasteiger partial charge < -0.3 is 10.2 Å². The maximum Gasteiger partial charge on any atom is 0.257 e. The van der Waals surface area contributed by atoms with Crippen LogP contribution in [0.4, 0.5) is 0 Å². The number of benzene rings is 1. The summed E-state index contributed by atoms with van der Waals surface area (Å²) in [4.78, 5) is 30.7. The van der Waals surface area contributed by atoms with Gasteiger partial charge >= 0.3 is 0 Å². The highest BCUT2D eigenvalue weighted by Gasteiger charge is 2.52. The van der Waals surface area contributed by atoms with Gasteiger partial charge in [0.1, 0.15) is 5.66 Å². The van der Waals surface area contributed by atoms with Crippen molar-refractivity contribution in [3.8, 4) is 0 Å². The van der Waals surface area contributed by atoms with Gasteiger partial charge in [-0.3, -0.25) is 19.5 Å². The van der Waals surface area contributed by atoms with E-state index in [4.69, 9.17) is 16.4 Å². The molecular weight excluding hydrogens is 352 g/mol. The van der Waals surface area contributed by atoms with Crippen LogP contribution in [0.2, 0.25) is 5.02 Å². The van der Waals surface area contributed by atoms with E-state index in [9.17, 15) is 4.79 Å². The van der Waals surface area contributed by atoms with E-state index in [1.54, 1.807) is 13.2 Å². The van der Waals surface area contributed by atoms with E-state index in [2.05, 4.69) is 22.2 Å². The molecule has 1 saturated heterocycles. The molecule has 0 radical (unpaired) electrons. The van der Waals surface area contributed by atoms with E-state index in [0.717, 1.165) is 29.9 Å². The van der Waals surface area contributed by atoms with Gasteiger partial charge in [0.15, 0.2) is 0 Å². The topological polar surface area (TPSA) is 65.5 Å². The summed E-state index contributed by atoms with van der Waals surface area (Å²) >= 11 is 6.03. The average Bonchev–Trinajstić information content (AvgIpc) is 3.00. The largest absolute Gasteiger partial charge is 0.362 e. The lowest BCUT2D eigenvalue weighted by atomic mass is 9.86. The van der Waals surface area contributed by atoms with Crippen LogP contribution in [0.1, 0.15) is 21.6 Å². The summed E-state index contributed by atoms with van der Waals surface area (Å²) in [7, 11) is 3.63. The number of halogens is 1. The molecule has 0 spiro atoms. The number of nitrogens with one attached hydrogen (secondary N) is 1. The van der Waals surface area contributed by atoms with Crippen LogP contribution >= 0.6 is 11.6 Å². The van der Waals surface area contributed by atoms with Crippen LogP contribution in [0, 0.1) is 0 Å². The van der Waals surface area contributed by atoms with Crippen molar-refractivity contribution in [3.05, 3.63) is 64.4 Å². The highest BCUT2D eigenvalue weighted by atomic mass is 35.5. The number of hydrogen-bond acceptors (Lipinski definition) is 4. The zero-order valence-electron chi connectivity index (χ0n) is 14.8. The molecule has 2 aliphatic rings. The molecule has 4 rings (SSSR count). The third-order valence-corrected chi connectivity index (χ3v) is 5.19. The first-order valence-electron chi connectivity index (χ1n) is 8.38. The average molecular weight is 373 g/mol. The molecule has 6 nitrogen and oxygen atoms in total. The molecule has 2 aromatic rings. The highest BCUT2D eigenvalue weighted by molar-refractivity contribution is 6.30. The number of nitrogens with zero attached hydrogens (tertiary/aromatic N) is 3. The molecule has 1 N–H and O–H groups in total. The van der Waals surface area contributed by atoms with Gasteiger partial charge in [-0.1, -0.05) is 23.7 Å². The predicted octanol–water partition coefficient (Wildman–Crippen LogP) is 1.89. The molecule has 136 valence electrons. The number of hydrogen-bond donors (Lipinski definition) is 1. The Hall–Kier alpha value is -2.44. The SMILES string of the molecule is CN1CCN2C(=O)c3cccnc3CC12c1ccc(Cl)cc1.CNC=O. The molecule has 26 heavy (non-hydrogen) atoms. The van der Waals surface area contributed by atoms with E-state index in [1.807, 2.05) is 41.3 Å². The Labute approximate surface area is 157 Å². The van der Waals surface area contributed by atoms with Crippen molar-refractivity contribution < 1.29 is 9.59 Å². The molecule has 2 amide bonds. The second-order valence-electron chi connectivity index (χ2n) is 6.28. The van der Waals surface area contributed by atoms with Crippen LogP contribution in [-0.2, 0) is 16.9 Å². The van der Waals surface area contributed by atoms with Crippen LogP contribution in [0.5, 0.6) is 0 Å². The van der Waals surface area contributed by atoms with Crippen molar-refractivity contribution in [2.75, 3.05) is 27.2 Å². The Kier molecular flexibility index (Phi) is 5.25. The monoisotopic (exact) mass is 372 g/mol. The first kappa shape index (κ1) is 18.4. The summed E-state index contributed by atoms with van der Waals surface area (Å²) < 4.78 is 0. The van der Waals surface area contributed by atoms with Crippen molar-refractivity contribution in [2.24, 2.45) is 0 Å². The Morgan fingerprint density at radius 3 is 2.58 bits per heavy atom. The fourth-order valence-electron chi connectivity index (χ4n) is 3.67. The van der Waals surface area contributed by atoms with Crippen LogP contribution < -0.4 is 5.32 Å². The molecule has 2 aliphatic heterocycles. The van der Waals surface area contributed by atoms with Crippen LogP contribution in [0.3, 0.4) is 0 Å². The van der Waals surface area contributed by atoms with Crippen LogP contribution in [-0.4, -0.2) is 54.3 Å². The van der Waals surface area contributed by atoms with Gasteiger partial charge in [-0.25, -0.2) is 0 Å². The van der Waals surface area contributed by atoms with Crippen molar-refractivity contribution >= 4 is 23.9 Å². The summed E-state index contributed by atoms with van der Waals surface area (Å²) in [6.45, 7) is 1.58. The minimum absolute atomic E-state index is 0.0636. The predicted molar refractivity (Wildman–Crippen MR) is 99.9 cm³/mol. The van der Waals surface area contributed by atoms with E-state index < -0.39 is 5.66 Å². The van der Waals surface area contributed by atoms with E-state index in [1.165, 1.54) is 0 Å². The number of aromatic nitrogens is 1. The van der Waals surface area contributed by atoms with Crippen LogP contribution in [0.25, 0.3) is 0 Å². The molecule has 0 saturated carbocycles. The second-order valence-corrected chi connectivity index (χ2v) is 6.72. The maximum atomic E-state index is 12.9. The molecular formula is C19H21ClN4O2. The van der Waals surface area contributed by atoms with Gasteiger partial charge in [0, 0.05) is 37.8 Å². The second kappa shape index (κ2) is 7.43. The number of rotatable bonds is 2. The highest BCUT2D eigenvalue weighted by Crippen LogP contribution is 2.43. The number of carbonyl (C=O) groups excluding carboxylic acids is 2. The molecule has 0 aliphatic carbocycles. The fraction of sp³-hybridized carbons (Fsp3) is 0.316. The molecule has 1 unspecified atom stereocenters. The lowest BCUT2D eigenvalue weighted by Gasteiger charge is -2.46. The molecule has 1 aromatic heterocycles. The Morgan fingerprint density at radius 2 is 1.92 bits per heavy atom. The van der Waals surface area contributed by atoms with Crippen molar-refractivity contribution in [1.82, 2.24) is 20.1 Å². The summed E-state index contributed by atoms with van der Waals surface area (Å²) in [6.07, 6.45) is 3.08. The van der Waals surface area contributed by atoms with E-state index >= 15 is 0 Å². The van der Waals surface area contributed by atoms with Gasteiger partial charge in [0.05, 0.1) is 11.3 Å². The zero-order chi connectivity index (χ0) is 18.7. The minimum atomic E-state index is -0.455. The van der Waals surface area contributed by atoms with Gasteiger partial charge in [0.2, 0.25) is 6.41 Å². The first-order valence-corrected chi connectivity index (χ1v) is 8.76. The number of carbonyl (C=O) groups is 2. The van der Waals surface area contributed by atoms with Gasteiger partial charge in [-0.2, -0.15) is 0 Å². The lowest BCUT2D eigenvalue weighted by molar-refractivity contribution is -0.109. The molecule has 1 aromatic carbocycles. The third kappa shape index (κ3) is 2.95. The number of pyridine rings is 1. The summed E-state index contributed by atoms with van der Waals surface area (Å²) in [5.41, 5.74) is 2.22. The minimum Gasteiger partial charge on any atom is -0.362 e. The molecule has 1 fully saturated rings. The van der Waals surface area contributed by atoms with Gasteiger partial charge in [-0.15, -0.1) is 0 Å². The Balaban J connectivity index is 0.000000447. The normalized spacial score (nSPS) is 21.3. The summed E-state index contributed by atoms with van der Waals surface area (Å²) in [5, 5.41) is 2.95. The maximum absolute atomic E-state index is 12.9. The molecule has 7 heteroatoms. The smallest absolute Gasteiger partial charge is 0.257 e. The van der Waals surface area contributed by atoms with Crippen molar-refractivity contribution in [3.63, 3.8) is 0 Å². The van der Waals surface area contributed by atoms with Crippen molar-refractivity contribution in [2.45, 2.75) is 12.1 Å². The molecule has 3 heterocycles. The summed E-state index contributed by atoms with van der Waals surface area (Å²) in [6, 6.07) is 11.5. The Morgan fingerprint density at radius 1 is 1.23 bits per heavy atom. The number of amides is 2. The number of fused-ring (bicyclic) bond motifs is 2. The van der Waals surface area contributed by atoms with E-state index in [-0.39, 0.29) is 5.91 Å². The van der Waals surface area contributed by atoms with Crippen molar-refractivity contribution in [1.29, 1.82) is 0 Å². The number of likely N-dealkylation sites (N-methyl/N-ethyl adjacent to an activating group) is 1. The standard InChI is InChI=1S/C17H16ClN3O.C2H5NO/c1-20-9-10-21-16(22)14-3-2-8-19-15(14)11-17(20,21)12-4-6-13(18)7-5-12;1-3-2-4/h2-8H,9-11H2,1H3;2H,1H3,(H,3,4). The molecule has 0 bridgehead atoms. The van der Waals surface area contributed by atoms with Crippen LogP contribution in [0.15, 0.2) is 42.6 Å². The molecule has 1 atom stereocenters. The fourth-order valence-corrected chi connectivity index (χ4v) is 3.80. The van der Waals surface area contributed by atoms with Gasteiger partial charge in [0.25, 0.3) is 5.91 Å². The zero-order valence-corrected chi connectivity index (χ0v) is 15.5. The quantitative estimate of drug-likeness (QED) is 0.818. The van der Waals surface area contributed by atoms with Gasteiger partial charge in [-0.05, 0) is 36.9 Å². The van der Waals surface area contributed by atoms with E-state index in [0.29, 0.717) is 17.9 Å². The third-order valence-electron chi connectivity index (χ3n) is 4.94.